The predicted molar refractivity (Wildman–Crippen MR) is 136 cm³/mol. The molecule has 0 unspecified atom stereocenters. The van der Waals surface area contributed by atoms with Gasteiger partial charge in [-0.15, -0.1) is 0 Å². The molecule has 2 aromatic rings. The maximum absolute atomic E-state index is 12.1. The van der Waals surface area contributed by atoms with Crippen LogP contribution in [0.15, 0.2) is 54.6 Å². The minimum Gasteiger partial charge on any atom is -0.494 e. The molecule has 2 aromatic carbocycles. The van der Waals surface area contributed by atoms with Crippen molar-refractivity contribution < 1.29 is 23.8 Å². The van der Waals surface area contributed by atoms with Gasteiger partial charge in [0.05, 0.1) is 18.8 Å². The van der Waals surface area contributed by atoms with Gasteiger partial charge in [-0.3, -0.25) is 0 Å². The first-order valence-corrected chi connectivity index (χ1v) is 12.5. The standard InChI is InChI=1S/C29H38O5/c1-3-5-7-8-9-11-23-33-29(31)25-15-12-24(13-16-25)14-21-28(30)34-27-19-17-26(18-20-27)32-22-10-6-4-2/h12-21H,3-11,22-23H2,1-2H3. The second-order valence-corrected chi connectivity index (χ2v) is 8.31. The highest BCUT2D eigenvalue weighted by atomic mass is 16.5. The van der Waals surface area contributed by atoms with Crippen LogP contribution < -0.4 is 9.47 Å². The van der Waals surface area contributed by atoms with Gasteiger partial charge in [0, 0.05) is 6.08 Å². The molecule has 0 atom stereocenters. The minimum absolute atomic E-state index is 0.318. The van der Waals surface area contributed by atoms with Gasteiger partial charge in [-0.25, -0.2) is 9.59 Å². The first-order valence-electron chi connectivity index (χ1n) is 12.5. The molecule has 0 aliphatic carbocycles. The van der Waals surface area contributed by atoms with Crippen LogP contribution in [0.25, 0.3) is 6.08 Å². The van der Waals surface area contributed by atoms with Gasteiger partial charge in [0.2, 0.25) is 0 Å². The number of carbonyl (C=O) groups is 2. The van der Waals surface area contributed by atoms with Crippen LogP contribution in [0.1, 0.15) is 87.6 Å². The smallest absolute Gasteiger partial charge is 0.338 e. The summed E-state index contributed by atoms with van der Waals surface area (Å²) in [7, 11) is 0. The summed E-state index contributed by atoms with van der Waals surface area (Å²) in [5.74, 6) is 0.427. The molecule has 0 fully saturated rings. The predicted octanol–water partition coefficient (Wildman–Crippen LogP) is 7.39. The molecule has 0 saturated carbocycles. The summed E-state index contributed by atoms with van der Waals surface area (Å²) in [5, 5.41) is 0. The number of rotatable bonds is 16. The fraction of sp³-hybridized carbons (Fsp3) is 0.448. The molecule has 0 aromatic heterocycles. The van der Waals surface area contributed by atoms with E-state index in [0.29, 0.717) is 24.5 Å². The number of carbonyl (C=O) groups excluding carboxylic acids is 2. The Balaban J connectivity index is 1.71. The molecule has 0 amide bonds. The van der Waals surface area contributed by atoms with E-state index >= 15 is 0 Å². The normalized spacial score (nSPS) is 10.9. The van der Waals surface area contributed by atoms with Crippen molar-refractivity contribution in [2.75, 3.05) is 13.2 Å². The first-order chi connectivity index (χ1) is 16.6. The van der Waals surface area contributed by atoms with Crippen molar-refractivity contribution in [1.82, 2.24) is 0 Å². The summed E-state index contributed by atoms with van der Waals surface area (Å²) < 4.78 is 16.3. The molecule has 0 aliphatic heterocycles. The molecule has 0 radical (unpaired) electrons. The van der Waals surface area contributed by atoms with Crippen molar-refractivity contribution in [2.24, 2.45) is 0 Å². The highest BCUT2D eigenvalue weighted by Gasteiger charge is 2.07. The first kappa shape index (κ1) is 27.2. The molecule has 0 aliphatic rings. The van der Waals surface area contributed by atoms with Crippen molar-refractivity contribution in [3.05, 3.63) is 65.7 Å². The SMILES string of the molecule is CCCCCCCCOC(=O)c1ccc(C=CC(=O)Oc2ccc(OCCCCC)cc2)cc1. The fourth-order valence-corrected chi connectivity index (χ4v) is 3.32. The molecule has 0 heterocycles. The molecule has 0 saturated heterocycles. The second-order valence-electron chi connectivity index (χ2n) is 8.31. The van der Waals surface area contributed by atoms with Crippen LogP contribution in [-0.4, -0.2) is 25.2 Å². The lowest BCUT2D eigenvalue weighted by atomic mass is 10.1. The van der Waals surface area contributed by atoms with Crippen molar-refractivity contribution in [1.29, 1.82) is 0 Å². The monoisotopic (exact) mass is 466 g/mol. The number of hydrogen-bond acceptors (Lipinski definition) is 5. The van der Waals surface area contributed by atoms with Crippen molar-refractivity contribution in [2.45, 2.75) is 71.6 Å². The number of benzene rings is 2. The average Bonchev–Trinajstić information content (AvgIpc) is 2.86. The Labute approximate surface area is 204 Å². The Hall–Kier alpha value is -3.08. The Morgan fingerprint density at radius 2 is 1.29 bits per heavy atom. The third-order valence-corrected chi connectivity index (χ3v) is 5.35. The van der Waals surface area contributed by atoms with E-state index in [-0.39, 0.29) is 5.97 Å². The summed E-state index contributed by atoms with van der Waals surface area (Å²) in [6.07, 6.45) is 13.2. The van der Waals surface area contributed by atoms with Crippen LogP contribution in [0.4, 0.5) is 0 Å². The molecule has 34 heavy (non-hydrogen) atoms. The highest BCUT2D eigenvalue weighted by Crippen LogP contribution is 2.18. The number of unbranched alkanes of at least 4 members (excludes halogenated alkanes) is 7. The molecular formula is C29H38O5. The summed E-state index contributed by atoms with van der Waals surface area (Å²) in [6, 6.07) is 14.0. The number of hydrogen-bond donors (Lipinski definition) is 0. The minimum atomic E-state index is -0.473. The molecule has 184 valence electrons. The van der Waals surface area contributed by atoms with Crippen LogP contribution >= 0.6 is 0 Å². The third kappa shape index (κ3) is 11.2. The van der Waals surface area contributed by atoms with Gasteiger partial charge in [0.25, 0.3) is 0 Å². The summed E-state index contributed by atoms with van der Waals surface area (Å²) in [4.78, 5) is 24.3. The van der Waals surface area contributed by atoms with E-state index in [1.165, 1.54) is 31.8 Å². The van der Waals surface area contributed by atoms with E-state index in [1.807, 2.05) is 0 Å². The zero-order valence-corrected chi connectivity index (χ0v) is 20.6. The van der Waals surface area contributed by atoms with E-state index < -0.39 is 5.97 Å². The van der Waals surface area contributed by atoms with Crippen LogP contribution in [0.3, 0.4) is 0 Å². The summed E-state index contributed by atoms with van der Waals surface area (Å²) in [6.45, 7) is 5.48. The lowest BCUT2D eigenvalue weighted by Crippen LogP contribution is -2.06. The summed E-state index contributed by atoms with van der Waals surface area (Å²) >= 11 is 0. The van der Waals surface area contributed by atoms with Crippen LogP contribution in [0, 0.1) is 0 Å². The van der Waals surface area contributed by atoms with Gasteiger partial charge in [0.1, 0.15) is 11.5 Å². The van der Waals surface area contributed by atoms with Gasteiger partial charge in [-0.05, 0) is 60.9 Å². The number of ether oxygens (including phenoxy) is 3. The van der Waals surface area contributed by atoms with E-state index in [9.17, 15) is 9.59 Å². The van der Waals surface area contributed by atoms with Gasteiger partial charge in [-0.1, -0.05) is 70.9 Å². The molecule has 5 nitrogen and oxygen atoms in total. The maximum Gasteiger partial charge on any atom is 0.338 e. The zero-order chi connectivity index (χ0) is 24.4. The van der Waals surface area contributed by atoms with Gasteiger partial charge in [0.15, 0.2) is 0 Å². The highest BCUT2D eigenvalue weighted by molar-refractivity contribution is 5.91. The van der Waals surface area contributed by atoms with E-state index in [2.05, 4.69) is 13.8 Å². The van der Waals surface area contributed by atoms with Gasteiger partial charge in [-0.2, -0.15) is 0 Å². The van der Waals surface area contributed by atoms with Crippen molar-refractivity contribution in [3.63, 3.8) is 0 Å². The molecule has 2 rings (SSSR count). The molecule has 0 bridgehead atoms. The quantitative estimate of drug-likeness (QED) is 0.112. The maximum atomic E-state index is 12.1. The van der Waals surface area contributed by atoms with E-state index in [1.54, 1.807) is 54.6 Å². The van der Waals surface area contributed by atoms with Crippen molar-refractivity contribution >= 4 is 18.0 Å². The largest absolute Gasteiger partial charge is 0.494 e. The average molecular weight is 467 g/mol. The third-order valence-electron chi connectivity index (χ3n) is 5.35. The second kappa shape index (κ2) is 16.5. The Morgan fingerprint density at radius 3 is 2.00 bits per heavy atom. The zero-order valence-electron chi connectivity index (χ0n) is 20.6. The van der Waals surface area contributed by atoms with Crippen LogP contribution in [-0.2, 0) is 9.53 Å². The Kier molecular flexibility index (Phi) is 13.2. The van der Waals surface area contributed by atoms with E-state index in [4.69, 9.17) is 14.2 Å². The van der Waals surface area contributed by atoms with Gasteiger partial charge < -0.3 is 14.2 Å². The molecule has 0 spiro atoms. The molecule has 0 N–H and O–H groups in total. The Morgan fingerprint density at radius 1 is 0.706 bits per heavy atom. The topological polar surface area (TPSA) is 61.8 Å². The fourth-order valence-electron chi connectivity index (χ4n) is 3.32. The molecular weight excluding hydrogens is 428 g/mol. The number of esters is 2. The lowest BCUT2D eigenvalue weighted by Gasteiger charge is -2.07. The van der Waals surface area contributed by atoms with Crippen molar-refractivity contribution in [3.8, 4) is 11.5 Å². The molecule has 5 heteroatoms. The van der Waals surface area contributed by atoms with Crippen LogP contribution in [0.5, 0.6) is 11.5 Å². The van der Waals surface area contributed by atoms with Crippen LogP contribution in [0.2, 0.25) is 0 Å². The van der Waals surface area contributed by atoms with E-state index in [0.717, 1.165) is 43.4 Å². The summed E-state index contributed by atoms with van der Waals surface area (Å²) in [5.41, 5.74) is 1.29. The van der Waals surface area contributed by atoms with Gasteiger partial charge >= 0.3 is 11.9 Å². The lowest BCUT2D eigenvalue weighted by molar-refractivity contribution is -0.128. The Bertz CT molecular complexity index is 868.